The fourth-order valence-corrected chi connectivity index (χ4v) is 4.26. The number of anilines is 2. The normalized spacial score (nSPS) is 16.9. The Morgan fingerprint density at radius 2 is 1.38 bits per heavy atom. The standard InChI is InChI=1S/C25H24N4/c1-19-18-28(21-12-6-3-7-13-21)16-17-29(19)25-23-15-9-8-14-22(23)24(26-27-25)20-10-4-2-5-11-20/h2-15,19H,16-18H2,1H3. The lowest BCUT2D eigenvalue weighted by Gasteiger charge is -2.41. The van der Waals surface area contributed by atoms with Gasteiger partial charge in [0.1, 0.15) is 5.69 Å². The summed E-state index contributed by atoms with van der Waals surface area (Å²) in [6.07, 6.45) is 0. The lowest BCUT2D eigenvalue weighted by Crippen LogP contribution is -2.52. The number of hydrogen-bond acceptors (Lipinski definition) is 4. The highest BCUT2D eigenvalue weighted by Gasteiger charge is 2.27. The molecule has 29 heavy (non-hydrogen) atoms. The van der Waals surface area contributed by atoms with Crippen molar-refractivity contribution in [1.82, 2.24) is 10.2 Å². The van der Waals surface area contributed by atoms with Crippen LogP contribution in [0.25, 0.3) is 22.0 Å². The van der Waals surface area contributed by atoms with Gasteiger partial charge in [-0.3, -0.25) is 0 Å². The van der Waals surface area contributed by atoms with Gasteiger partial charge in [0.05, 0.1) is 0 Å². The molecule has 4 nitrogen and oxygen atoms in total. The summed E-state index contributed by atoms with van der Waals surface area (Å²) in [5.41, 5.74) is 3.33. The summed E-state index contributed by atoms with van der Waals surface area (Å²) in [7, 11) is 0. The molecule has 0 radical (unpaired) electrons. The van der Waals surface area contributed by atoms with Gasteiger partial charge in [-0.15, -0.1) is 10.2 Å². The molecule has 3 aromatic carbocycles. The van der Waals surface area contributed by atoms with E-state index in [-0.39, 0.29) is 0 Å². The molecule has 1 unspecified atom stereocenters. The Hall–Kier alpha value is -3.40. The molecule has 1 aliphatic rings. The molecule has 0 spiro atoms. The lowest BCUT2D eigenvalue weighted by molar-refractivity contribution is 0.545. The Kier molecular flexibility index (Phi) is 4.60. The molecule has 0 saturated carbocycles. The second-order valence-corrected chi connectivity index (χ2v) is 7.61. The van der Waals surface area contributed by atoms with E-state index in [1.165, 1.54) is 11.1 Å². The maximum atomic E-state index is 4.71. The minimum Gasteiger partial charge on any atom is -0.368 e. The Bertz CT molecular complexity index is 1110. The van der Waals surface area contributed by atoms with E-state index in [1.807, 2.05) is 18.2 Å². The number of hydrogen-bond donors (Lipinski definition) is 0. The van der Waals surface area contributed by atoms with E-state index >= 15 is 0 Å². The number of rotatable bonds is 3. The molecule has 0 N–H and O–H groups in total. The third-order valence-corrected chi connectivity index (χ3v) is 5.74. The molecule has 5 rings (SSSR count). The van der Waals surface area contributed by atoms with Gasteiger partial charge in [0, 0.05) is 47.7 Å². The van der Waals surface area contributed by atoms with Gasteiger partial charge in [-0.1, -0.05) is 72.8 Å². The van der Waals surface area contributed by atoms with E-state index in [1.54, 1.807) is 0 Å². The largest absolute Gasteiger partial charge is 0.368 e. The Labute approximate surface area is 171 Å². The monoisotopic (exact) mass is 380 g/mol. The molecule has 2 heterocycles. The van der Waals surface area contributed by atoms with Gasteiger partial charge in [0.2, 0.25) is 0 Å². The van der Waals surface area contributed by atoms with Crippen LogP contribution in [-0.4, -0.2) is 35.9 Å². The minimum atomic E-state index is 0.351. The van der Waals surface area contributed by atoms with Crippen LogP contribution in [0.5, 0.6) is 0 Å². The van der Waals surface area contributed by atoms with E-state index in [9.17, 15) is 0 Å². The quantitative estimate of drug-likeness (QED) is 0.500. The number of benzene rings is 3. The first-order chi connectivity index (χ1) is 14.3. The number of fused-ring (bicyclic) bond motifs is 1. The molecular formula is C25H24N4. The molecule has 0 bridgehead atoms. The van der Waals surface area contributed by atoms with Crippen molar-refractivity contribution in [2.45, 2.75) is 13.0 Å². The van der Waals surface area contributed by atoms with Crippen molar-refractivity contribution in [3.63, 3.8) is 0 Å². The Balaban J connectivity index is 1.50. The van der Waals surface area contributed by atoms with Crippen molar-refractivity contribution < 1.29 is 0 Å². The maximum absolute atomic E-state index is 4.71. The molecular weight excluding hydrogens is 356 g/mol. The summed E-state index contributed by atoms with van der Waals surface area (Å²) in [5, 5.41) is 11.7. The van der Waals surface area contributed by atoms with E-state index in [4.69, 9.17) is 5.10 Å². The lowest BCUT2D eigenvalue weighted by atomic mass is 10.0. The molecule has 4 heteroatoms. The molecule has 1 aromatic heterocycles. The highest BCUT2D eigenvalue weighted by molar-refractivity contribution is 6.00. The number of nitrogens with zero attached hydrogens (tertiary/aromatic N) is 4. The van der Waals surface area contributed by atoms with Crippen molar-refractivity contribution in [1.29, 1.82) is 0 Å². The summed E-state index contributed by atoms with van der Waals surface area (Å²) in [5.74, 6) is 0.987. The van der Waals surface area contributed by atoms with Crippen molar-refractivity contribution in [2.75, 3.05) is 29.4 Å². The van der Waals surface area contributed by atoms with Crippen LogP contribution in [0, 0.1) is 0 Å². The van der Waals surface area contributed by atoms with Crippen LogP contribution in [0.15, 0.2) is 84.9 Å². The van der Waals surface area contributed by atoms with Crippen LogP contribution < -0.4 is 9.80 Å². The number of piperazine rings is 1. The minimum absolute atomic E-state index is 0.351. The highest BCUT2D eigenvalue weighted by Crippen LogP contribution is 2.33. The van der Waals surface area contributed by atoms with Gasteiger partial charge in [-0.25, -0.2) is 0 Å². The molecule has 1 fully saturated rings. The molecule has 0 aliphatic carbocycles. The zero-order valence-corrected chi connectivity index (χ0v) is 16.6. The topological polar surface area (TPSA) is 32.3 Å². The van der Waals surface area contributed by atoms with E-state index in [0.717, 1.165) is 42.1 Å². The third-order valence-electron chi connectivity index (χ3n) is 5.74. The molecule has 1 saturated heterocycles. The van der Waals surface area contributed by atoms with Crippen LogP contribution in [0.4, 0.5) is 11.5 Å². The zero-order chi connectivity index (χ0) is 19.6. The second kappa shape index (κ2) is 7.55. The third kappa shape index (κ3) is 3.31. The average molecular weight is 380 g/mol. The molecule has 4 aromatic rings. The van der Waals surface area contributed by atoms with E-state index in [2.05, 4.69) is 88.6 Å². The first-order valence-electron chi connectivity index (χ1n) is 10.2. The first kappa shape index (κ1) is 17.7. The first-order valence-corrected chi connectivity index (χ1v) is 10.2. The van der Waals surface area contributed by atoms with Gasteiger partial charge in [-0.2, -0.15) is 0 Å². The smallest absolute Gasteiger partial charge is 0.159 e. The van der Waals surface area contributed by atoms with Gasteiger partial charge >= 0.3 is 0 Å². The summed E-state index contributed by atoms with van der Waals surface area (Å²) in [6.45, 7) is 5.15. The number of para-hydroxylation sites is 1. The van der Waals surface area contributed by atoms with E-state index in [0.29, 0.717) is 6.04 Å². The van der Waals surface area contributed by atoms with Gasteiger partial charge in [0.25, 0.3) is 0 Å². The summed E-state index contributed by atoms with van der Waals surface area (Å²) in [6, 6.07) is 29.8. The Morgan fingerprint density at radius 3 is 2.10 bits per heavy atom. The predicted molar refractivity (Wildman–Crippen MR) is 120 cm³/mol. The zero-order valence-electron chi connectivity index (χ0n) is 16.6. The maximum Gasteiger partial charge on any atom is 0.159 e. The van der Waals surface area contributed by atoms with Crippen LogP contribution in [0.3, 0.4) is 0 Å². The SMILES string of the molecule is CC1CN(c2ccccc2)CCN1c1nnc(-c2ccccc2)c2ccccc12. The average Bonchev–Trinajstić information content (AvgIpc) is 2.80. The van der Waals surface area contributed by atoms with Gasteiger partial charge in [0.15, 0.2) is 5.82 Å². The van der Waals surface area contributed by atoms with E-state index < -0.39 is 0 Å². The van der Waals surface area contributed by atoms with Gasteiger partial charge in [-0.05, 0) is 19.1 Å². The van der Waals surface area contributed by atoms with Crippen LogP contribution in [0.1, 0.15) is 6.92 Å². The molecule has 0 amide bonds. The number of aromatic nitrogens is 2. The van der Waals surface area contributed by atoms with Crippen LogP contribution in [-0.2, 0) is 0 Å². The molecule has 144 valence electrons. The van der Waals surface area contributed by atoms with Crippen molar-refractivity contribution >= 4 is 22.3 Å². The van der Waals surface area contributed by atoms with Gasteiger partial charge < -0.3 is 9.80 Å². The Morgan fingerprint density at radius 1 is 0.724 bits per heavy atom. The molecule has 1 aliphatic heterocycles. The summed E-state index contributed by atoms with van der Waals surface area (Å²) in [4.78, 5) is 4.86. The summed E-state index contributed by atoms with van der Waals surface area (Å²) >= 11 is 0. The summed E-state index contributed by atoms with van der Waals surface area (Å²) < 4.78 is 0. The van der Waals surface area contributed by atoms with Crippen LogP contribution >= 0.6 is 0 Å². The molecule has 1 atom stereocenters. The van der Waals surface area contributed by atoms with Crippen molar-refractivity contribution in [3.05, 3.63) is 84.9 Å². The van der Waals surface area contributed by atoms with Crippen molar-refractivity contribution in [3.8, 4) is 11.3 Å². The predicted octanol–water partition coefficient (Wildman–Crippen LogP) is 5.01. The fraction of sp³-hybridized carbons (Fsp3) is 0.200. The van der Waals surface area contributed by atoms with Crippen LogP contribution in [0.2, 0.25) is 0 Å². The fourth-order valence-electron chi connectivity index (χ4n) is 4.26. The highest BCUT2D eigenvalue weighted by atomic mass is 15.3. The van der Waals surface area contributed by atoms with Crippen molar-refractivity contribution in [2.24, 2.45) is 0 Å². The second-order valence-electron chi connectivity index (χ2n) is 7.61.